The largest absolute Gasteiger partial charge is 0.497 e. The lowest BCUT2D eigenvalue weighted by Crippen LogP contribution is -2.48. The van der Waals surface area contributed by atoms with E-state index < -0.39 is 24.0 Å². The van der Waals surface area contributed by atoms with Gasteiger partial charge in [-0.3, -0.25) is 14.6 Å². The van der Waals surface area contributed by atoms with Gasteiger partial charge in [0.15, 0.2) is 0 Å². The van der Waals surface area contributed by atoms with Crippen molar-refractivity contribution < 1.29 is 24.2 Å². The Morgan fingerprint density at radius 3 is 2.44 bits per heavy atom. The number of aliphatic carboxylic acids is 1. The SMILES string of the molecule is COc1cc(NC(C)CCCNC(=O)CC[C@@H](NC(=O)[C@H](N)CCCCN)C(=O)O)c2nc(C(C)(C)C)ccc2c1. The third-order valence-electron chi connectivity index (χ3n) is 6.89. The van der Waals surface area contributed by atoms with Crippen molar-refractivity contribution >= 4 is 34.4 Å². The molecule has 1 aromatic heterocycles. The molecule has 0 aliphatic heterocycles. The topological polar surface area (TPSA) is 182 Å². The van der Waals surface area contributed by atoms with E-state index in [1.807, 2.05) is 18.2 Å². The number of fused-ring (bicyclic) bond motifs is 1. The third-order valence-corrected chi connectivity index (χ3v) is 6.89. The normalized spacial score (nSPS) is 13.7. The molecular formula is C30H48N6O5. The summed E-state index contributed by atoms with van der Waals surface area (Å²) in [6.45, 7) is 9.43. The highest BCUT2D eigenvalue weighted by atomic mass is 16.5. The maximum atomic E-state index is 12.3. The number of nitrogens with two attached hydrogens (primary N) is 2. The van der Waals surface area contributed by atoms with Crippen molar-refractivity contribution in [2.75, 3.05) is 25.5 Å². The highest BCUT2D eigenvalue weighted by Gasteiger charge is 2.24. The number of aromatic nitrogens is 1. The Bertz CT molecular complexity index is 1170. The van der Waals surface area contributed by atoms with E-state index >= 15 is 0 Å². The standard InChI is InChI=1S/C30H48N6O5/c1-19(34-24-18-21(41-5)17-20-11-13-25(30(2,3)4)36-27(20)24)9-8-16-33-26(37)14-12-23(29(39)40)35-28(38)22(32)10-6-7-15-31/h11,13,17-19,22-23,34H,6-10,12,14-16,31-32H2,1-5H3,(H,33,37)(H,35,38)(H,39,40)/t19?,22-,23-/m1/s1. The number of anilines is 1. The zero-order valence-corrected chi connectivity index (χ0v) is 25.1. The Morgan fingerprint density at radius 1 is 1.07 bits per heavy atom. The molecule has 0 aliphatic rings. The van der Waals surface area contributed by atoms with Gasteiger partial charge >= 0.3 is 5.97 Å². The molecule has 2 rings (SSSR count). The molecule has 0 saturated heterocycles. The maximum absolute atomic E-state index is 12.3. The van der Waals surface area contributed by atoms with Crippen LogP contribution >= 0.6 is 0 Å². The summed E-state index contributed by atoms with van der Waals surface area (Å²) in [5.41, 5.74) is 14.0. The lowest BCUT2D eigenvalue weighted by molar-refractivity contribution is -0.142. The molecule has 0 aliphatic carbocycles. The van der Waals surface area contributed by atoms with Crippen molar-refractivity contribution in [2.45, 2.75) is 96.2 Å². The Hall–Kier alpha value is -3.44. The first-order valence-electron chi connectivity index (χ1n) is 14.4. The van der Waals surface area contributed by atoms with Crippen molar-refractivity contribution in [3.8, 4) is 5.75 Å². The van der Waals surface area contributed by atoms with Crippen LogP contribution in [0.1, 0.15) is 78.3 Å². The van der Waals surface area contributed by atoms with Gasteiger partial charge in [0.1, 0.15) is 11.8 Å². The van der Waals surface area contributed by atoms with Crippen LogP contribution in [-0.2, 0) is 19.8 Å². The van der Waals surface area contributed by atoms with E-state index in [0.717, 1.165) is 47.3 Å². The Kier molecular flexibility index (Phi) is 13.3. The number of nitrogens with zero attached hydrogens (tertiary/aromatic N) is 1. The fraction of sp³-hybridized carbons (Fsp3) is 0.600. The quantitative estimate of drug-likeness (QED) is 0.155. The van der Waals surface area contributed by atoms with E-state index in [0.29, 0.717) is 25.9 Å². The van der Waals surface area contributed by atoms with Crippen molar-refractivity contribution in [3.05, 3.63) is 30.0 Å². The van der Waals surface area contributed by atoms with E-state index in [4.69, 9.17) is 21.2 Å². The second-order valence-corrected chi connectivity index (χ2v) is 11.6. The fourth-order valence-corrected chi connectivity index (χ4v) is 4.37. The second kappa shape index (κ2) is 16.1. The molecule has 1 aromatic carbocycles. The zero-order chi connectivity index (χ0) is 30.6. The van der Waals surface area contributed by atoms with Crippen LogP contribution in [0.2, 0.25) is 0 Å². The lowest BCUT2D eigenvalue weighted by Gasteiger charge is -2.21. The first-order chi connectivity index (χ1) is 19.3. The van der Waals surface area contributed by atoms with Crippen LogP contribution in [0.3, 0.4) is 0 Å². The van der Waals surface area contributed by atoms with Crippen molar-refractivity contribution in [3.63, 3.8) is 0 Å². The highest BCUT2D eigenvalue weighted by molar-refractivity contribution is 5.92. The van der Waals surface area contributed by atoms with Gasteiger partial charge in [-0.25, -0.2) is 4.79 Å². The molecule has 0 fully saturated rings. The van der Waals surface area contributed by atoms with E-state index in [-0.39, 0.29) is 30.2 Å². The predicted molar refractivity (Wildman–Crippen MR) is 162 cm³/mol. The van der Waals surface area contributed by atoms with Gasteiger partial charge in [-0.1, -0.05) is 33.3 Å². The molecule has 8 N–H and O–H groups in total. The molecule has 0 bridgehead atoms. The van der Waals surface area contributed by atoms with Gasteiger partial charge in [0.25, 0.3) is 0 Å². The summed E-state index contributed by atoms with van der Waals surface area (Å²) >= 11 is 0. The summed E-state index contributed by atoms with van der Waals surface area (Å²) in [6.07, 6.45) is 3.31. The Balaban J connectivity index is 1.84. The second-order valence-electron chi connectivity index (χ2n) is 11.6. The molecule has 41 heavy (non-hydrogen) atoms. The molecule has 0 spiro atoms. The number of carbonyl (C=O) groups is 3. The summed E-state index contributed by atoms with van der Waals surface area (Å²) in [7, 11) is 1.64. The van der Waals surface area contributed by atoms with Crippen LogP contribution in [0.25, 0.3) is 10.9 Å². The van der Waals surface area contributed by atoms with Crippen LogP contribution in [0.15, 0.2) is 24.3 Å². The number of unbranched alkanes of at least 4 members (excludes halogenated alkanes) is 1. The minimum Gasteiger partial charge on any atom is -0.497 e. The van der Waals surface area contributed by atoms with Crippen LogP contribution in [0, 0.1) is 0 Å². The zero-order valence-electron chi connectivity index (χ0n) is 25.1. The molecule has 0 saturated carbocycles. The molecule has 11 nitrogen and oxygen atoms in total. The van der Waals surface area contributed by atoms with Gasteiger partial charge in [0.05, 0.1) is 24.4 Å². The van der Waals surface area contributed by atoms with Gasteiger partial charge in [0.2, 0.25) is 11.8 Å². The van der Waals surface area contributed by atoms with Crippen molar-refractivity contribution in [2.24, 2.45) is 11.5 Å². The number of ether oxygens (including phenoxy) is 1. The van der Waals surface area contributed by atoms with Crippen LogP contribution < -0.4 is 32.2 Å². The Morgan fingerprint density at radius 2 is 1.80 bits per heavy atom. The first-order valence-corrected chi connectivity index (χ1v) is 14.4. The van der Waals surface area contributed by atoms with Crippen molar-refractivity contribution in [1.82, 2.24) is 15.6 Å². The molecule has 1 unspecified atom stereocenters. The molecule has 11 heteroatoms. The molecule has 228 valence electrons. The average molecular weight is 573 g/mol. The van der Waals surface area contributed by atoms with E-state index in [1.165, 1.54) is 0 Å². The van der Waals surface area contributed by atoms with Gasteiger partial charge in [-0.2, -0.15) is 0 Å². The van der Waals surface area contributed by atoms with Crippen LogP contribution in [0.4, 0.5) is 5.69 Å². The molecule has 1 heterocycles. The molecule has 0 radical (unpaired) electrons. The molecular weight excluding hydrogens is 524 g/mol. The number of hydrogen-bond donors (Lipinski definition) is 6. The van der Waals surface area contributed by atoms with Crippen molar-refractivity contribution in [1.29, 1.82) is 0 Å². The maximum Gasteiger partial charge on any atom is 0.326 e. The average Bonchev–Trinajstić information content (AvgIpc) is 2.92. The van der Waals surface area contributed by atoms with Crippen LogP contribution in [0.5, 0.6) is 5.75 Å². The molecule has 2 amide bonds. The number of nitrogens with one attached hydrogen (secondary N) is 3. The van der Waals surface area contributed by atoms with E-state index in [9.17, 15) is 19.5 Å². The first kappa shape index (κ1) is 33.8. The molecule has 2 aromatic rings. The number of pyridine rings is 1. The van der Waals surface area contributed by atoms with Crippen LogP contribution in [-0.4, -0.2) is 66.2 Å². The highest BCUT2D eigenvalue weighted by Crippen LogP contribution is 2.31. The minimum absolute atomic E-state index is 0.0210. The number of carboxylic acids is 1. The van der Waals surface area contributed by atoms with Gasteiger partial charge in [-0.15, -0.1) is 0 Å². The Labute approximate surface area is 243 Å². The summed E-state index contributed by atoms with van der Waals surface area (Å²) < 4.78 is 5.49. The number of benzene rings is 1. The number of carbonyl (C=O) groups excluding carboxylic acids is 2. The summed E-state index contributed by atoms with van der Waals surface area (Å²) in [5.74, 6) is -1.26. The number of carboxylic acid groups (broad SMARTS) is 1. The summed E-state index contributed by atoms with van der Waals surface area (Å²) in [5, 5.41) is 19.3. The lowest BCUT2D eigenvalue weighted by atomic mass is 9.91. The summed E-state index contributed by atoms with van der Waals surface area (Å²) in [6, 6.07) is 6.15. The third kappa shape index (κ3) is 11.2. The number of methoxy groups -OCH3 is 1. The smallest absolute Gasteiger partial charge is 0.326 e. The minimum atomic E-state index is -1.20. The number of rotatable bonds is 17. The van der Waals surface area contributed by atoms with Gasteiger partial charge in [0, 0.05) is 41.6 Å². The monoisotopic (exact) mass is 572 g/mol. The van der Waals surface area contributed by atoms with E-state index in [2.05, 4.69) is 49.7 Å². The number of amides is 2. The van der Waals surface area contributed by atoms with E-state index in [1.54, 1.807) is 7.11 Å². The molecule has 3 atom stereocenters. The van der Waals surface area contributed by atoms with Gasteiger partial charge < -0.3 is 37.3 Å². The summed E-state index contributed by atoms with van der Waals surface area (Å²) in [4.78, 5) is 41.1. The number of hydrogen-bond acceptors (Lipinski definition) is 8. The predicted octanol–water partition coefficient (Wildman–Crippen LogP) is 3.04. The van der Waals surface area contributed by atoms with Gasteiger partial charge in [-0.05, 0) is 57.7 Å². The fourth-order valence-electron chi connectivity index (χ4n) is 4.37.